The number of hydrogen-bond acceptors (Lipinski definition) is 4. The van der Waals surface area contributed by atoms with Crippen LogP contribution in [0.1, 0.15) is 18.6 Å². The molecule has 2 N–H and O–H groups in total. The van der Waals surface area contributed by atoms with Gasteiger partial charge in [-0.05, 0) is 6.92 Å². The number of aromatic nitrogens is 2. The second-order valence-electron chi connectivity index (χ2n) is 3.27. The molecule has 2 rings (SSSR count). The van der Waals surface area contributed by atoms with E-state index in [-0.39, 0.29) is 5.69 Å². The highest BCUT2D eigenvalue weighted by Crippen LogP contribution is 2.26. The number of aromatic amines is 1. The van der Waals surface area contributed by atoms with E-state index in [1.807, 2.05) is 0 Å². The molecule has 2 aromatic rings. The molecule has 0 fully saturated rings. The zero-order valence-corrected chi connectivity index (χ0v) is 7.97. The lowest BCUT2D eigenvalue weighted by molar-refractivity contribution is -0.384. The number of nitrogens with one attached hydrogen (secondary N) is 1. The van der Waals surface area contributed by atoms with Crippen molar-refractivity contribution >= 4 is 16.7 Å². The van der Waals surface area contributed by atoms with Crippen LogP contribution in [0, 0.1) is 10.1 Å². The topological polar surface area (TPSA) is 92.0 Å². The van der Waals surface area contributed by atoms with Gasteiger partial charge in [0.15, 0.2) is 0 Å². The van der Waals surface area contributed by atoms with Crippen molar-refractivity contribution in [3.05, 3.63) is 34.1 Å². The molecule has 0 saturated heterocycles. The number of nitrogens with zero attached hydrogens (tertiary/aromatic N) is 2. The van der Waals surface area contributed by atoms with Gasteiger partial charge in [-0.1, -0.05) is 0 Å². The number of H-pyrrole nitrogens is 1. The number of aliphatic hydroxyl groups excluding tert-OH is 1. The number of hydrogen-bond donors (Lipinski definition) is 2. The van der Waals surface area contributed by atoms with Crippen LogP contribution in [-0.2, 0) is 0 Å². The van der Waals surface area contributed by atoms with Gasteiger partial charge in [0, 0.05) is 17.7 Å². The van der Waals surface area contributed by atoms with Crippen LogP contribution in [0.5, 0.6) is 0 Å². The number of fused-ring (bicyclic) bond motifs is 1. The van der Waals surface area contributed by atoms with Crippen LogP contribution in [0.2, 0.25) is 0 Å². The number of nitro groups is 1. The van der Waals surface area contributed by atoms with E-state index >= 15 is 0 Å². The Morgan fingerprint density at radius 3 is 2.93 bits per heavy atom. The fourth-order valence-electron chi connectivity index (χ4n) is 1.49. The Labute approximate surface area is 84.7 Å². The lowest BCUT2D eigenvalue weighted by Crippen LogP contribution is -1.96. The summed E-state index contributed by atoms with van der Waals surface area (Å²) >= 11 is 0. The highest BCUT2D eigenvalue weighted by molar-refractivity contribution is 5.81. The van der Waals surface area contributed by atoms with Crippen LogP contribution in [0.25, 0.3) is 11.0 Å². The maximum Gasteiger partial charge on any atom is 0.272 e. The lowest BCUT2D eigenvalue weighted by atomic mass is 10.1. The average Bonchev–Trinajstić information content (AvgIpc) is 2.62. The Hall–Kier alpha value is -1.95. The van der Waals surface area contributed by atoms with Gasteiger partial charge in [0.1, 0.15) is 0 Å². The monoisotopic (exact) mass is 207 g/mol. The Balaban J connectivity index is 2.74. The van der Waals surface area contributed by atoms with E-state index < -0.39 is 11.0 Å². The SMILES string of the molecule is C[C@@H](O)c1cc([N+](=O)[O-])cc2[nH]cnc12. The summed E-state index contributed by atoms with van der Waals surface area (Å²) in [6.45, 7) is 1.55. The molecule has 0 spiro atoms. The van der Waals surface area contributed by atoms with E-state index in [2.05, 4.69) is 9.97 Å². The number of benzene rings is 1. The molecule has 0 unspecified atom stereocenters. The van der Waals surface area contributed by atoms with Gasteiger partial charge < -0.3 is 10.1 Å². The van der Waals surface area contributed by atoms with Gasteiger partial charge in [-0.15, -0.1) is 0 Å². The van der Waals surface area contributed by atoms with Crippen LogP contribution < -0.4 is 0 Å². The van der Waals surface area contributed by atoms with E-state index in [0.717, 1.165) is 0 Å². The predicted molar refractivity (Wildman–Crippen MR) is 53.4 cm³/mol. The normalized spacial score (nSPS) is 12.9. The molecular formula is C9H9N3O3. The first-order valence-electron chi connectivity index (χ1n) is 4.39. The third-order valence-electron chi connectivity index (χ3n) is 2.20. The molecule has 15 heavy (non-hydrogen) atoms. The van der Waals surface area contributed by atoms with Crippen LogP contribution in [-0.4, -0.2) is 20.0 Å². The number of nitro benzene ring substituents is 1. The van der Waals surface area contributed by atoms with Crippen LogP contribution in [0.15, 0.2) is 18.5 Å². The fraction of sp³-hybridized carbons (Fsp3) is 0.222. The van der Waals surface area contributed by atoms with Gasteiger partial charge >= 0.3 is 0 Å². The van der Waals surface area contributed by atoms with Gasteiger partial charge in [-0.2, -0.15) is 0 Å². The molecule has 1 aromatic carbocycles. The molecule has 1 aromatic heterocycles. The Kier molecular flexibility index (Phi) is 2.12. The van der Waals surface area contributed by atoms with E-state index in [1.165, 1.54) is 18.5 Å². The Bertz CT molecular complexity index is 518. The summed E-state index contributed by atoms with van der Waals surface area (Å²) in [7, 11) is 0. The Morgan fingerprint density at radius 2 is 2.33 bits per heavy atom. The summed E-state index contributed by atoms with van der Waals surface area (Å²) in [4.78, 5) is 16.9. The molecule has 6 heteroatoms. The molecular weight excluding hydrogens is 198 g/mol. The van der Waals surface area contributed by atoms with E-state index in [9.17, 15) is 15.2 Å². The molecule has 1 atom stereocenters. The van der Waals surface area contributed by atoms with Gasteiger partial charge in [0.2, 0.25) is 0 Å². The quantitative estimate of drug-likeness (QED) is 0.576. The van der Waals surface area contributed by atoms with Crippen molar-refractivity contribution in [2.75, 3.05) is 0 Å². The minimum Gasteiger partial charge on any atom is -0.389 e. The standard InChI is InChI=1S/C9H9N3O3/c1-5(13)7-2-6(12(14)15)3-8-9(7)11-4-10-8/h2-5,13H,1H3,(H,10,11)/t5-/m1/s1. The smallest absolute Gasteiger partial charge is 0.272 e. The van der Waals surface area contributed by atoms with Crippen molar-refractivity contribution in [2.24, 2.45) is 0 Å². The molecule has 0 aliphatic rings. The fourth-order valence-corrected chi connectivity index (χ4v) is 1.49. The third-order valence-corrected chi connectivity index (χ3v) is 2.20. The Morgan fingerprint density at radius 1 is 1.60 bits per heavy atom. The van der Waals surface area contributed by atoms with Crippen LogP contribution in [0.3, 0.4) is 0 Å². The van der Waals surface area contributed by atoms with Gasteiger partial charge in [-0.3, -0.25) is 10.1 Å². The molecule has 0 saturated carbocycles. The highest BCUT2D eigenvalue weighted by Gasteiger charge is 2.15. The van der Waals surface area contributed by atoms with Crippen LogP contribution >= 0.6 is 0 Å². The second kappa shape index (κ2) is 3.32. The molecule has 0 aliphatic heterocycles. The van der Waals surface area contributed by atoms with Crippen molar-refractivity contribution in [3.8, 4) is 0 Å². The van der Waals surface area contributed by atoms with Crippen molar-refractivity contribution in [1.82, 2.24) is 9.97 Å². The molecule has 78 valence electrons. The average molecular weight is 207 g/mol. The number of aliphatic hydroxyl groups is 1. The molecule has 0 radical (unpaired) electrons. The number of non-ortho nitro benzene ring substituents is 1. The third kappa shape index (κ3) is 1.55. The first kappa shape index (κ1) is 9.60. The number of imidazole rings is 1. The minimum atomic E-state index is -0.782. The molecule has 0 amide bonds. The van der Waals surface area contributed by atoms with E-state index in [4.69, 9.17) is 0 Å². The first-order chi connectivity index (χ1) is 7.09. The van der Waals surface area contributed by atoms with Gasteiger partial charge in [0.05, 0.1) is 28.4 Å². The van der Waals surface area contributed by atoms with Crippen molar-refractivity contribution < 1.29 is 10.0 Å². The van der Waals surface area contributed by atoms with E-state index in [1.54, 1.807) is 6.92 Å². The summed E-state index contributed by atoms with van der Waals surface area (Å²) in [6.07, 6.45) is 0.663. The van der Waals surface area contributed by atoms with Gasteiger partial charge in [0.25, 0.3) is 5.69 Å². The predicted octanol–water partition coefficient (Wildman–Crippen LogP) is 1.52. The first-order valence-corrected chi connectivity index (χ1v) is 4.39. The summed E-state index contributed by atoms with van der Waals surface area (Å²) in [5.74, 6) is 0. The largest absolute Gasteiger partial charge is 0.389 e. The lowest BCUT2D eigenvalue weighted by Gasteiger charge is -2.04. The highest BCUT2D eigenvalue weighted by atomic mass is 16.6. The molecule has 0 aliphatic carbocycles. The molecule has 6 nitrogen and oxygen atoms in total. The zero-order valence-electron chi connectivity index (χ0n) is 7.97. The molecule has 0 bridgehead atoms. The maximum atomic E-state index is 10.6. The second-order valence-corrected chi connectivity index (χ2v) is 3.27. The van der Waals surface area contributed by atoms with Crippen LogP contribution in [0.4, 0.5) is 5.69 Å². The maximum absolute atomic E-state index is 10.6. The molecule has 1 heterocycles. The van der Waals surface area contributed by atoms with E-state index in [0.29, 0.717) is 16.6 Å². The van der Waals surface area contributed by atoms with Gasteiger partial charge in [-0.25, -0.2) is 4.98 Å². The summed E-state index contributed by atoms with van der Waals surface area (Å²) in [5.41, 5.74) is 1.53. The number of rotatable bonds is 2. The minimum absolute atomic E-state index is 0.0531. The summed E-state index contributed by atoms with van der Waals surface area (Å²) in [5, 5.41) is 20.1. The summed E-state index contributed by atoms with van der Waals surface area (Å²) in [6, 6.07) is 2.74. The van der Waals surface area contributed by atoms with Crippen molar-refractivity contribution in [1.29, 1.82) is 0 Å². The van der Waals surface area contributed by atoms with Crippen molar-refractivity contribution in [3.63, 3.8) is 0 Å². The summed E-state index contributed by atoms with van der Waals surface area (Å²) < 4.78 is 0. The zero-order chi connectivity index (χ0) is 11.0. The van der Waals surface area contributed by atoms with Crippen molar-refractivity contribution in [2.45, 2.75) is 13.0 Å².